The first-order valence-electron chi connectivity index (χ1n) is 7.88. The lowest BCUT2D eigenvalue weighted by atomic mass is 10.3. The van der Waals surface area contributed by atoms with Gasteiger partial charge in [0.05, 0.1) is 19.3 Å². The Labute approximate surface area is 138 Å². The lowest BCUT2D eigenvalue weighted by Crippen LogP contribution is -2.22. The zero-order valence-corrected chi connectivity index (χ0v) is 13.4. The number of fused-ring (bicyclic) bond motifs is 1. The second-order valence-corrected chi connectivity index (χ2v) is 5.93. The molecule has 1 aliphatic rings. The number of hydrogen-bond donors (Lipinski definition) is 0. The van der Waals surface area contributed by atoms with Gasteiger partial charge in [0.25, 0.3) is 0 Å². The number of likely N-dealkylation sites (tertiary alicyclic amines) is 1. The molecular formula is C16H18N6O2. The highest BCUT2D eigenvalue weighted by Gasteiger charge is 2.26. The van der Waals surface area contributed by atoms with Crippen molar-refractivity contribution in [2.45, 2.75) is 19.0 Å². The summed E-state index contributed by atoms with van der Waals surface area (Å²) < 4.78 is 8.55. The predicted octanol–water partition coefficient (Wildman–Crippen LogP) is 1.16. The molecule has 0 radical (unpaired) electrons. The summed E-state index contributed by atoms with van der Waals surface area (Å²) in [4.78, 5) is 18.2. The molecule has 1 saturated heterocycles. The lowest BCUT2D eigenvalue weighted by Gasteiger charge is -2.17. The van der Waals surface area contributed by atoms with Crippen LogP contribution in [0.4, 0.5) is 0 Å². The summed E-state index contributed by atoms with van der Waals surface area (Å²) in [5.41, 5.74) is 2.42. The van der Waals surface area contributed by atoms with Crippen molar-refractivity contribution in [2.75, 3.05) is 20.2 Å². The van der Waals surface area contributed by atoms with Crippen molar-refractivity contribution in [3.8, 4) is 0 Å². The fourth-order valence-electron chi connectivity index (χ4n) is 3.19. The first kappa shape index (κ1) is 14.8. The van der Waals surface area contributed by atoms with Crippen LogP contribution in [-0.4, -0.2) is 55.4 Å². The van der Waals surface area contributed by atoms with Crippen LogP contribution in [0.15, 0.2) is 36.8 Å². The van der Waals surface area contributed by atoms with Crippen LogP contribution in [0.1, 0.15) is 28.6 Å². The van der Waals surface area contributed by atoms with E-state index in [1.165, 1.54) is 12.8 Å². The fourth-order valence-corrected chi connectivity index (χ4v) is 3.19. The number of hydrogen-bond acceptors (Lipinski definition) is 6. The molecule has 124 valence electrons. The summed E-state index contributed by atoms with van der Waals surface area (Å²) in [7, 11) is 1.34. The molecule has 24 heavy (non-hydrogen) atoms. The van der Waals surface area contributed by atoms with Gasteiger partial charge < -0.3 is 9.14 Å². The number of aromatic nitrogens is 5. The second-order valence-electron chi connectivity index (χ2n) is 5.93. The summed E-state index contributed by atoms with van der Waals surface area (Å²) in [5, 5.41) is 7.96. The number of pyridine rings is 1. The number of imidazole rings is 1. The third-order valence-electron chi connectivity index (χ3n) is 4.42. The Kier molecular flexibility index (Phi) is 3.73. The Morgan fingerprint density at radius 3 is 3.21 bits per heavy atom. The molecule has 3 aromatic rings. The third-order valence-corrected chi connectivity index (χ3v) is 4.42. The Bertz CT molecular complexity index is 870. The smallest absolute Gasteiger partial charge is 0.360 e. The number of esters is 1. The Balaban J connectivity index is 1.46. The van der Waals surface area contributed by atoms with E-state index in [1.54, 1.807) is 10.9 Å². The molecule has 1 fully saturated rings. The first-order valence-corrected chi connectivity index (χ1v) is 7.88. The van der Waals surface area contributed by atoms with Gasteiger partial charge in [-0.3, -0.25) is 4.90 Å². The number of carbonyl (C=O) groups is 1. The second kappa shape index (κ2) is 6.04. The number of ether oxygens (including phenoxy) is 1. The zero-order valence-electron chi connectivity index (χ0n) is 13.4. The van der Waals surface area contributed by atoms with Gasteiger partial charge >= 0.3 is 5.97 Å². The van der Waals surface area contributed by atoms with Gasteiger partial charge in [0.15, 0.2) is 5.69 Å². The van der Waals surface area contributed by atoms with E-state index in [9.17, 15) is 4.79 Å². The molecule has 8 heteroatoms. The van der Waals surface area contributed by atoms with Crippen LogP contribution in [-0.2, 0) is 11.3 Å². The maximum atomic E-state index is 11.5. The molecule has 4 rings (SSSR count). The largest absolute Gasteiger partial charge is 0.464 e. The van der Waals surface area contributed by atoms with Crippen molar-refractivity contribution in [3.63, 3.8) is 0 Å². The summed E-state index contributed by atoms with van der Waals surface area (Å²) in [6, 6.07) is 6.37. The van der Waals surface area contributed by atoms with Crippen LogP contribution >= 0.6 is 0 Å². The number of rotatable bonds is 4. The summed E-state index contributed by atoms with van der Waals surface area (Å²) in [6.45, 7) is 2.70. The molecule has 0 saturated carbocycles. The third kappa shape index (κ3) is 2.65. The SMILES string of the molecule is COC(=O)c1cn([C@H]2CCN(Cc3cccc4nccn34)C2)nn1. The van der Waals surface area contributed by atoms with Gasteiger partial charge in [-0.05, 0) is 18.6 Å². The predicted molar refractivity (Wildman–Crippen MR) is 85.5 cm³/mol. The van der Waals surface area contributed by atoms with Gasteiger partial charge in [-0.15, -0.1) is 5.10 Å². The molecule has 4 heterocycles. The quantitative estimate of drug-likeness (QED) is 0.670. The molecular weight excluding hydrogens is 308 g/mol. The average Bonchev–Trinajstić information content (AvgIpc) is 3.33. The molecule has 0 spiro atoms. The van der Waals surface area contributed by atoms with Crippen molar-refractivity contribution in [3.05, 3.63) is 48.2 Å². The molecule has 0 amide bonds. The highest BCUT2D eigenvalue weighted by Crippen LogP contribution is 2.22. The summed E-state index contributed by atoms with van der Waals surface area (Å²) >= 11 is 0. The van der Waals surface area contributed by atoms with E-state index in [-0.39, 0.29) is 11.7 Å². The molecule has 1 aliphatic heterocycles. The topological polar surface area (TPSA) is 77.5 Å². The van der Waals surface area contributed by atoms with Crippen LogP contribution in [0.25, 0.3) is 5.65 Å². The maximum absolute atomic E-state index is 11.5. The standard InChI is InChI=1S/C16H18N6O2/c1-24-16(23)14-11-22(19-18-14)13-5-7-20(10-13)9-12-3-2-4-15-17-6-8-21(12)15/h2-4,6,8,11,13H,5,7,9-10H2,1H3/t13-/m0/s1. The van der Waals surface area contributed by atoms with Crippen LogP contribution in [0.3, 0.4) is 0 Å². The normalized spacial score (nSPS) is 18.3. The van der Waals surface area contributed by atoms with E-state index in [0.29, 0.717) is 0 Å². The van der Waals surface area contributed by atoms with Gasteiger partial charge in [0, 0.05) is 37.7 Å². The number of nitrogens with zero attached hydrogens (tertiary/aromatic N) is 6. The van der Waals surface area contributed by atoms with Gasteiger partial charge in [-0.1, -0.05) is 11.3 Å². The Morgan fingerprint density at radius 2 is 2.33 bits per heavy atom. The van der Waals surface area contributed by atoms with Gasteiger partial charge in [0.1, 0.15) is 5.65 Å². The van der Waals surface area contributed by atoms with Crippen LogP contribution in [0, 0.1) is 0 Å². The molecule has 1 atom stereocenters. The summed E-state index contributed by atoms with van der Waals surface area (Å²) in [5.74, 6) is -0.456. The molecule has 8 nitrogen and oxygen atoms in total. The van der Waals surface area contributed by atoms with Crippen LogP contribution < -0.4 is 0 Å². The molecule has 0 N–H and O–H groups in total. The van der Waals surface area contributed by atoms with Gasteiger partial charge in [-0.25, -0.2) is 14.5 Å². The number of methoxy groups -OCH3 is 1. The van der Waals surface area contributed by atoms with E-state index in [0.717, 1.165) is 31.7 Å². The zero-order chi connectivity index (χ0) is 16.5. The van der Waals surface area contributed by atoms with E-state index < -0.39 is 5.97 Å². The lowest BCUT2D eigenvalue weighted by molar-refractivity contribution is 0.0594. The maximum Gasteiger partial charge on any atom is 0.360 e. The van der Waals surface area contributed by atoms with E-state index in [1.807, 2.05) is 24.5 Å². The summed E-state index contributed by atoms with van der Waals surface area (Å²) in [6.07, 6.45) is 6.44. The minimum Gasteiger partial charge on any atom is -0.464 e. The molecule has 0 bridgehead atoms. The minimum absolute atomic E-state index is 0.220. The van der Waals surface area contributed by atoms with Crippen LogP contribution in [0.5, 0.6) is 0 Å². The van der Waals surface area contributed by atoms with Crippen molar-refractivity contribution in [1.29, 1.82) is 0 Å². The monoisotopic (exact) mass is 326 g/mol. The first-order chi connectivity index (χ1) is 11.7. The van der Waals surface area contributed by atoms with Crippen molar-refractivity contribution in [2.24, 2.45) is 0 Å². The highest BCUT2D eigenvalue weighted by atomic mass is 16.5. The molecule has 3 aromatic heterocycles. The van der Waals surface area contributed by atoms with Gasteiger partial charge in [-0.2, -0.15) is 0 Å². The van der Waals surface area contributed by atoms with E-state index in [2.05, 4.69) is 35.4 Å². The van der Waals surface area contributed by atoms with Crippen molar-refractivity contribution >= 4 is 11.6 Å². The van der Waals surface area contributed by atoms with E-state index in [4.69, 9.17) is 0 Å². The average molecular weight is 326 g/mol. The van der Waals surface area contributed by atoms with Crippen LogP contribution in [0.2, 0.25) is 0 Å². The highest BCUT2D eigenvalue weighted by molar-refractivity contribution is 5.86. The van der Waals surface area contributed by atoms with Gasteiger partial charge in [0.2, 0.25) is 0 Å². The van der Waals surface area contributed by atoms with E-state index >= 15 is 0 Å². The Hall–Kier alpha value is -2.74. The fraction of sp³-hybridized carbons (Fsp3) is 0.375. The molecule has 0 aliphatic carbocycles. The van der Waals surface area contributed by atoms with Crippen molar-refractivity contribution < 1.29 is 9.53 Å². The molecule has 0 unspecified atom stereocenters. The van der Waals surface area contributed by atoms with Crippen molar-refractivity contribution in [1.82, 2.24) is 29.3 Å². The number of carbonyl (C=O) groups excluding carboxylic acids is 1. The minimum atomic E-state index is -0.456. The molecule has 0 aromatic carbocycles. The Morgan fingerprint density at radius 1 is 1.42 bits per heavy atom.